The Bertz CT molecular complexity index is 972. The first-order valence-corrected chi connectivity index (χ1v) is 7.81. The lowest BCUT2D eigenvalue weighted by Gasteiger charge is -2.08. The third-order valence-corrected chi connectivity index (χ3v) is 3.96. The molecule has 1 N–H and O–H groups in total. The van der Waals surface area contributed by atoms with E-state index in [0.29, 0.717) is 5.75 Å². The van der Waals surface area contributed by atoms with Gasteiger partial charge in [0.25, 0.3) is 0 Å². The molecule has 4 aromatic rings. The summed E-state index contributed by atoms with van der Waals surface area (Å²) in [5.41, 5.74) is 2.69. The smallest absolute Gasteiger partial charge is 0.138 e. The van der Waals surface area contributed by atoms with Gasteiger partial charge >= 0.3 is 0 Å². The van der Waals surface area contributed by atoms with E-state index in [1.807, 2.05) is 36.4 Å². The molecule has 3 aromatic carbocycles. The molecule has 0 saturated carbocycles. The van der Waals surface area contributed by atoms with Gasteiger partial charge in [0.2, 0.25) is 0 Å². The van der Waals surface area contributed by atoms with Gasteiger partial charge in [-0.25, -0.2) is 13.8 Å². The van der Waals surface area contributed by atoms with E-state index in [2.05, 4.69) is 9.97 Å². The Kier molecular flexibility index (Phi) is 3.90. The van der Waals surface area contributed by atoms with Gasteiger partial charge in [0.05, 0.1) is 16.6 Å². The summed E-state index contributed by atoms with van der Waals surface area (Å²) in [4.78, 5) is 7.79. The zero-order valence-electron chi connectivity index (χ0n) is 13.2. The average molecular weight is 336 g/mol. The van der Waals surface area contributed by atoms with Crippen LogP contribution in [0.1, 0.15) is 5.56 Å². The largest absolute Gasteiger partial charge is 0.489 e. The number of para-hydroxylation sites is 2. The maximum absolute atomic E-state index is 13.6. The Labute approximate surface area is 142 Å². The highest BCUT2D eigenvalue weighted by molar-refractivity contribution is 5.79. The average Bonchev–Trinajstić information content (AvgIpc) is 3.06. The van der Waals surface area contributed by atoms with E-state index in [9.17, 15) is 8.78 Å². The van der Waals surface area contributed by atoms with Crippen molar-refractivity contribution in [1.29, 1.82) is 0 Å². The maximum Gasteiger partial charge on any atom is 0.138 e. The highest BCUT2D eigenvalue weighted by atomic mass is 19.1. The quantitative estimate of drug-likeness (QED) is 0.564. The van der Waals surface area contributed by atoms with Gasteiger partial charge in [-0.15, -0.1) is 0 Å². The van der Waals surface area contributed by atoms with Crippen LogP contribution in [0.3, 0.4) is 0 Å². The topological polar surface area (TPSA) is 37.9 Å². The Hall–Kier alpha value is -3.21. The standard InChI is InChI=1S/C20H14F2N2O/c21-16-4-3-5-17(22)15(16)12-25-14-10-8-13(9-11-14)20-23-18-6-1-2-7-19(18)24-20/h1-11H,12H2,(H,23,24). The summed E-state index contributed by atoms with van der Waals surface area (Å²) < 4.78 is 32.7. The van der Waals surface area contributed by atoms with Crippen LogP contribution in [0.15, 0.2) is 66.7 Å². The third kappa shape index (κ3) is 3.08. The van der Waals surface area contributed by atoms with Gasteiger partial charge in [0, 0.05) is 5.56 Å². The molecule has 0 aliphatic carbocycles. The fourth-order valence-electron chi connectivity index (χ4n) is 2.62. The Morgan fingerprint density at radius 3 is 2.28 bits per heavy atom. The molecule has 0 saturated heterocycles. The van der Waals surface area contributed by atoms with E-state index >= 15 is 0 Å². The summed E-state index contributed by atoms with van der Waals surface area (Å²) in [6.07, 6.45) is 0. The van der Waals surface area contributed by atoms with Crippen molar-refractivity contribution in [3.8, 4) is 17.1 Å². The van der Waals surface area contributed by atoms with Crippen LogP contribution in [0, 0.1) is 11.6 Å². The van der Waals surface area contributed by atoms with Gasteiger partial charge < -0.3 is 9.72 Å². The van der Waals surface area contributed by atoms with Crippen LogP contribution in [0.4, 0.5) is 8.78 Å². The molecule has 0 bridgehead atoms. The van der Waals surface area contributed by atoms with Crippen molar-refractivity contribution in [2.45, 2.75) is 6.61 Å². The second kappa shape index (κ2) is 6.36. The van der Waals surface area contributed by atoms with Gasteiger partial charge in [-0.2, -0.15) is 0 Å². The first-order chi connectivity index (χ1) is 12.2. The molecule has 3 nitrogen and oxygen atoms in total. The third-order valence-electron chi connectivity index (χ3n) is 3.96. The molecule has 25 heavy (non-hydrogen) atoms. The van der Waals surface area contributed by atoms with Crippen molar-refractivity contribution in [3.63, 3.8) is 0 Å². The molecular formula is C20H14F2N2O. The SMILES string of the molecule is Fc1cccc(F)c1COc1ccc(-c2nc3ccccc3[nH]2)cc1. The number of benzene rings is 3. The molecule has 124 valence electrons. The summed E-state index contributed by atoms with van der Waals surface area (Å²) in [6, 6.07) is 18.8. The van der Waals surface area contributed by atoms with E-state index in [1.54, 1.807) is 12.1 Å². The fraction of sp³-hybridized carbons (Fsp3) is 0.0500. The van der Waals surface area contributed by atoms with Crippen LogP contribution in [-0.2, 0) is 6.61 Å². The first kappa shape index (κ1) is 15.3. The molecule has 4 rings (SSSR count). The molecular weight excluding hydrogens is 322 g/mol. The van der Waals surface area contributed by atoms with Crippen molar-refractivity contribution in [1.82, 2.24) is 9.97 Å². The van der Waals surface area contributed by atoms with Crippen molar-refractivity contribution < 1.29 is 13.5 Å². The second-order valence-electron chi connectivity index (χ2n) is 5.62. The summed E-state index contributed by atoms with van der Waals surface area (Å²) >= 11 is 0. The number of fused-ring (bicyclic) bond motifs is 1. The molecule has 0 aliphatic rings. The van der Waals surface area contributed by atoms with Crippen molar-refractivity contribution >= 4 is 11.0 Å². The van der Waals surface area contributed by atoms with Crippen molar-refractivity contribution in [2.24, 2.45) is 0 Å². The van der Waals surface area contributed by atoms with E-state index < -0.39 is 11.6 Å². The second-order valence-corrected chi connectivity index (χ2v) is 5.62. The van der Waals surface area contributed by atoms with Crippen LogP contribution in [0.5, 0.6) is 5.75 Å². The Morgan fingerprint density at radius 1 is 0.840 bits per heavy atom. The van der Waals surface area contributed by atoms with Gasteiger partial charge in [0.1, 0.15) is 29.8 Å². The van der Waals surface area contributed by atoms with E-state index in [-0.39, 0.29) is 12.2 Å². The molecule has 0 unspecified atom stereocenters. The zero-order valence-corrected chi connectivity index (χ0v) is 13.2. The normalized spacial score (nSPS) is 11.0. The van der Waals surface area contributed by atoms with Crippen LogP contribution in [0.25, 0.3) is 22.4 Å². The number of ether oxygens (including phenoxy) is 1. The number of halogens is 2. The number of nitrogens with one attached hydrogen (secondary N) is 1. The van der Waals surface area contributed by atoms with Crippen molar-refractivity contribution in [2.75, 3.05) is 0 Å². The molecule has 0 aliphatic heterocycles. The van der Waals surface area contributed by atoms with E-state index in [1.165, 1.54) is 18.2 Å². The molecule has 0 atom stereocenters. The van der Waals surface area contributed by atoms with Gasteiger partial charge in [0.15, 0.2) is 0 Å². The van der Waals surface area contributed by atoms with Crippen LogP contribution in [0.2, 0.25) is 0 Å². The number of aromatic nitrogens is 2. The van der Waals surface area contributed by atoms with Crippen LogP contribution < -0.4 is 4.74 Å². The summed E-state index contributed by atoms with van der Waals surface area (Å²) in [6.45, 7) is -0.164. The molecule has 0 amide bonds. The highest BCUT2D eigenvalue weighted by Crippen LogP contribution is 2.23. The number of aromatic amines is 1. The summed E-state index contributed by atoms with van der Waals surface area (Å²) in [5, 5.41) is 0. The number of H-pyrrole nitrogens is 1. The molecule has 1 heterocycles. The molecule has 5 heteroatoms. The minimum absolute atomic E-state index is 0.0798. The molecule has 0 spiro atoms. The molecule has 0 fully saturated rings. The van der Waals surface area contributed by atoms with Crippen LogP contribution >= 0.6 is 0 Å². The predicted molar refractivity (Wildman–Crippen MR) is 92.2 cm³/mol. The zero-order chi connectivity index (χ0) is 17.2. The molecule has 0 radical (unpaired) electrons. The predicted octanol–water partition coefficient (Wildman–Crippen LogP) is 5.09. The van der Waals surface area contributed by atoms with Crippen LogP contribution in [-0.4, -0.2) is 9.97 Å². The van der Waals surface area contributed by atoms with Gasteiger partial charge in [-0.3, -0.25) is 0 Å². The summed E-state index contributed by atoms with van der Waals surface area (Å²) in [7, 11) is 0. The van der Waals surface area contributed by atoms with Gasteiger partial charge in [-0.05, 0) is 48.5 Å². The highest BCUT2D eigenvalue weighted by Gasteiger charge is 2.09. The number of nitrogens with zero attached hydrogens (tertiary/aromatic N) is 1. The van der Waals surface area contributed by atoms with E-state index in [0.717, 1.165) is 22.4 Å². The van der Waals surface area contributed by atoms with E-state index in [4.69, 9.17) is 4.74 Å². The lowest BCUT2D eigenvalue weighted by atomic mass is 10.2. The first-order valence-electron chi connectivity index (χ1n) is 7.81. The Balaban J connectivity index is 1.52. The lowest BCUT2D eigenvalue weighted by Crippen LogP contribution is -2.01. The fourth-order valence-corrected chi connectivity index (χ4v) is 2.62. The van der Waals surface area contributed by atoms with Gasteiger partial charge in [-0.1, -0.05) is 18.2 Å². The minimum atomic E-state index is -0.612. The summed E-state index contributed by atoms with van der Waals surface area (Å²) in [5.74, 6) is 0.0632. The monoisotopic (exact) mass is 336 g/mol. The number of hydrogen-bond donors (Lipinski definition) is 1. The number of rotatable bonds is 4. The molecule has 1 aromatic heterocycles. The number of hydrogen-bond acceptors (Lipinski definition) is 2. The number of imidazole rings is 1. The maximum atomic E-state index is 13.6. The Morgan fingerprint density at radius 2 is 1.56 bits per heavy atom. The lowest BCUT2D eigenvalue weighted by molar-refractivity contribution is 0.292. The minimum Gasteiger partial charge on any atom is -0.489 e. The van der Waals surface area contributed by atoms with Crippen molar-refractivity contribution in [3.05, 3.63) is 83.9 Å².